The summed E-state index contributed by atoms with van der Waals surface area (Å²) in [4.78, 5) is 77.3. The summed E-state index contributed by atoms with van der Waals surface area (Å²) in [5.41, 5.74) is -1.88. The Morgan fingerprint density at radius 3 is 2.40 bits per heavy atom. The standard InChI is InChI=1S/C53H64N4O15/c1-11-68-52(66)57-18-13-16-31-22-56(23-33(31)57)32-20-34(59)40-36(21-32)71-49-41(54-40)37-38-45(62)29(7)48-39(37)50(64)53(9,72-48)69-19-17-35(67-10)26(4)47(70-30(8)58)28(6)44(61)27(5)43(60)24(2)14-12-15-25(3)51(65)55-42(49)46(38)63/h12,14-15,17,19-21,24,26-28,31,33,35,43-44,47,60-62,64H,11,13,16,18,22-23H2,1-10H3,(H,55,65)/b14-12+,19-17+,25-15-/t24-,26+,27+,28+,31+,33-,35-,43-,44+,47+,53-/m0/s1. The minimum atomic E-state index is -2.01. The number of anilines is 2. The highest BCUT2D eigenvalue weighted by molar-refractivity contribution is 6.17. The molecular weight excluding hydrogens is 933 g/mol. The lowest BCUT2D eigenvalue weighted by Gasteiger charge is -2.38. The zero-order valence-corrected chi connectivity index (χ0v) is 42.2. The van der Waals surface area contributed by atoms with Gasteiger partial charge >= 0.3 is 17.8 Å². The zero-order chi connectivity index (χ0) is 52.2. The first-order valence-corrected chi connectivity index (χ1v) is 24.4. The van der Waals surface area contributed by atoms with Crippen molar-refractivity contribution in [3.05, 3.63) is 79.5 Å². The van der Waals surface area contributed by atoms with Gasteiger partial charge in [-0.3, -0.25) is 19.2 Å². The number of carbonyl (C=O) groups is 3. The van der Waals surface area contributed by atoms with Crippen LogP contribution in [0.4, 0.5) is 16.2 Å². The lowest BCUT2D eigenvalue weighted by Crippen LogP contribution is -2.48. The molecule has 11 atom stereocenters. The van der Waals surface area contributed by atoms with Crippen molar-refractivity contribution < 1.29 is 62.9 Å². The number of benzene rings is 3. The summed E-state index contributed by atoms with van der Waals surface area (Å²) in [6.45, 7) is 16.0. The molecule has 0 aliphatic carbocycles. The minimum Gasteiger partial charge on any atom is -0.507 e. The zero-order valence-electron chi connectivity index (χ0n) is 42.2. The quantitative estimate of drug-likeness (QED) is 0.0945. The number of aliphatic hydroxyl groups is 3. The molecular formula is C53H64N4O15. The number of likely N-dealkylation sites (tertiary alicyclic amines) is 1. The Balaban J connectivity index is 1.33. The average molecular weight is 997 g/mol. The van der Waals surface area contributed by atoms with Gasteiger partial charge in [0.25, 0.3) is 5.91 Å². The van der Waals surface area contributed by atoms with Crippen molar-refractivity contribution in [1.82, 2.24) is 9.88 Å². The molecule has 19 nitrogen and oxygen atoms in total. The molecule has 5 bridgehead atoms. The van der Waals surface area contributed by atoms with Crippen molar-refractivity contribution in [2.75, 3.05) is 43.6 Å². The fraction of sp³-hybridized carbons (Fsp3) is 0.509. The van der Waals surface area contributed by atoms with Crippen LogP contribution in [0.3, 0.4) is 0 Å². The van der Waals surface area contributed by atoms with Gasteiger partial charge in [-0.25, -0.2) is 9.78 Å². The Morgan fingerprint density at radius 1 is 0.972 bits per heavy atom. The van der Waals surface area contributed by atoms with Gasteiger partial charge in [0.2, 0.25) is 10.9 Å². The molecule has 5 heterocycles. The largest absolute Gasteiger partial charge is 0.507 e. The van der Waals surface area contributed by atoms with Crippen molar-refractivity contribution in [3.63, 3.8) is 0 Å². The molecule has 72 heavy (non-hydrogen) atoms. The maximum Gasteiger partial charge on any atom is 0.410 e. The number of piperidine rings is 1. The highest BCUT2D eigenvalue weighted by Gasteiger charge is 2.45. The monoisotopic (exact) mass is 996 g/mol. The van der Waals surface area contributed by atoms with Crippen molar-refractivity contribution in [1.29, 1.82) is 0 Å². The van der Waals surface area contributed by atoms with Gasteiger partial charge in [-0.1, -0.05) is 45.9 Å². The van der Waals surface area contributed by atoms with Crippen molar-refractivity contribution >= 4 is 68.1 Å². The number of hydrogen-bond acceptors (Lipinski definition) is 17. The summed E-state index contributed by atoms with van der Waals surface area (Å²) in [7, 11) is 1.44. The van der Waals surface area contributed by atoms with Gasteiger partial charge in [0, 0.05) is 98.6 Å². The maximum atomic E-state index is 15.0. The first-order valence-electron chi connectivity index (χ1n) is 24.4. The van der Waals surface area contributed by atoms with Crippen LogP contribution in [0.15, 0.2) is 62.3 Å². The Bertz CT molecular complexity index is 3110. The van der Waals surface area contributed by atoms with E-state index in [1.807, 2.05) is 4.90 Å². The van der Waals surface area contributed by atoms with E-state index in [9.17, 15) is 44.4 Å². The van der Waals surface area contributed by atoms with Gasteiger partial charge < -0.3 is 63.6 Å². The van der Waals surface area contributed by atoms with E-state index in [0.717, 1.165) is 12.8 Å². The van der Waals surface area contributed by atoms with Crippen molar-refractivity contribution in [3.8, 4) is 11.5 Å². The highest BCUT2D eigenvalue weighted by atomic mass is 16.7. The third kappa shape index (κ3) is 9.10. The van der Waals surface area contributed by atoms with E-state index in [1.165, 1.54) is 59.3 Å². The second-order valence-electron chi connectivity index (χ2n) is 19.8. The van der Waals surface area contributed by atoms with Crippen LogP contribution in [0.25, 0.3) is 38.7 Å². The number of allylic oxidation sites excluding steroid dienone is 2. The number of aliphatic hydroxyl groups excluding tert-OH is 3. The number of methoxy groups -OCH3 is 1. The predicted molar refractivity (Wildman–Crippen MR) is 267 cm³/mol. The summed E-state index contributed by atoms with van der Waals surface area (Å²) >= 11 is 0. The second-order valence-corrected chi connectivity index (χ2v) is 19.8. The number of hydrogen-bond donors (Lipinski definition) is 5. The summed E-state index contributed by atoms with van der Waals surface area (Å²) in [6, 6.07) is 2.88. The van der Waals surface area contributed by atoms with E-state index in [1.54, 1.807) is 57.7 Å². The molecule has 0 radical (unpaired) electrons. The van der Waals surface area contributed by atoms with E-state index in [4.69, 9.17) is 33.1 Å². The van der Waals surface area contributed by atoms with Gasteiger partial charge in [-0.2, -0.15) is 0 Å². The molecule has 19 heteroatoms. The van der Waals surface area contributed by atoms with Crippen LogP contribution in [0.2, 0.25) is 0 Å². The SMILES string of the molecule is CCOC(=O)N1CCC[C@@H]2CN(c3cc(=O)c4nc5c(oc4c3)c3c(=O)c4c(O)c(C)c6c(c45)=C(O)[C@@](C)(O/C=C/[C@H](OC)[C@@H](C)[C@@H](OC(C)=O)[C@H](C)[C@H](O)[C@H](C)[C@@H](O)[C@@H](C)/C=C/C=C(/C)C(=O)N3)O6)C[C@@H]21. The minimum absolute atomic E-state index is 0.0328. The van der Waals surface area contributed by atoms with Crippen LogP contribution >= 0.6 is 0 Å². The number of nitrogens with one attached hydrogen (secondary N) is 1. The molecule has 4 aliphatic heterocycles. The summed E-state index contributed by atoms with van der Waals surface area (Å²) < 4.78 is 36.0. The maximum absolute atomic E-state index is 15.0. The molecule has 2 amide bonds. The number of esters is 1. The first-order chi connectivity index (χ1) is 34.1. The van der Waals surface area contributed by atoms with E-state index in [-0.39, 0.29) is 73.6 Å². The fourth-order valence-electron chi connectivity index (χ4n) is 10.9. The first kappa shape index (κ1) is 51.6. The lowest BCUT2D eigenvalue weighted by atomic mass is 9.78. The highest BCUT2D eigenvalue weighted by Crippen LogP contribution is 2.43. The number of nitrogens with zero attached hydrogens (tertiary/aromatic N) is 3. The fourth-order valence-corrected chi connectivity index (χ4v) is 10.9. The number of aromatic hydroxyl groups is 1. The number of carbonyl (C=O) groups excluding carboxylic acids is 3. The molecule has 5 N–H and O–H groups in total. The molecule has 3 aromatic carbocycles. The Morgan fingerprint density at radius 2 is 1.71 bits per heavy atom. The third-order valence-electron chi connectivity index (χ3n) is 15.1. The van der Waals surface area contributed by atoms with E-state index < -0.39 is 99.9 Å². The van der Waals surface area contributed by atoms with Crippen LogP contribution < -0.4 is 31.0 Å². The van der Waals surface area contributed by atoms with E-state index >= 15 is 0 Å². The predicted octanol–water partition coefficient (Wildman–Crippen LogP) is 5.62. The van der Waals surface area contributed by atoms with Crippen molar-refractivity contribution in [2.24, 2.45) is 29.6 Å². The topological polar surface area (TPSA) is 257 Å². The van der Waals surface area contributed by atoms with Crippen LogP contribution in [0.1, 0.15) is 73.8 Å². The Labute approximate surface area is 415 Å². The summed E-state index contributed by atoms with van der Waals surface area (Å²) in [6.07, 6.45) is 4.70. The number of rotatable bonds is 4. The number of aromatic nitrogens is 1. The van der Waals surface area contributed by atoms with Crippen LogP contribution in [0, 0.1) is 36.5 Å². The van der Waals surface area contributed by atoms with Gasteiger partial charge in [0.05, 0.1) is 47.8 Å². The molecule has 4 aromatic rings. The number of phenols is 1. The second kappa shape index (κ2) is 20.1. The van der Waals surface area contributed by atoms with Gasteiger partial charge in [0.15, 0.2) is 22.4 Å². The third-order valence-corrected chi connectivity index (χ3v) is 15.1. The number of phenolic OH excluding ortho intramolecular Hbond substituents is 1. The van der Waals surface area contributed by atoms with Crippen LogP contribution in [-0.2, 0) is 28.5 Å². The molecule has 0 unspecified atom stereocenters. The van der Waals surface area contributed by atoms with Gasteiger partial charge in [0.1, 0.15) is 28.8 Å². The molecule has 1 aromatic heterocycles. The van der Waals surface area contributed by atoms with E-state index in [0.29, 0.717) is 25.3 Å². The van der Waals surface area contributed by atoms with Gasteiger partial charge in [-0.05, 0) is 45.6 Å². The normalized spacial score (nSPS) is 30.9. The number of amides is 2. The molecule has 2 saturated heterocycles. The number of ether oxygens (including phenoxy) is 5. The average Bonchev–Trinajstić information content (AvgIpc) is 3.91. The van der Waals surface area contributed by atoms with Crippen molar-refractivity contribution in [2.45, 2.75) is 111 Å². The molecule has 0 saturated carbocycles. The molecule has 386 valence electrons. The van der Waals surface area contributed by atoms with Gasteiger partial charge in [-0.15, -0.1) is 0 Å². The molecule has 4 aliphatic rings. The summed E-state index contributed by atoms with van der Waals surface area (Å²) in [5.74, 6) is -7.04. The van der Waals surface area contributed by atoms with Crippen LogP contribution in [-0.4, -0.2) is 118 Å². The molecule has 8 rings (SSSR count). The summed E-state index contributed by atoms with van der Waals surface area (Å²) in [5, 5.41) is 49.4. The number of fused-ring (bicyclic) bond motifs is 6. The Hall–Kier alpha value is -6.70. The molecule has 0 spiro atoms. The lowest BCUT2D eigenvalue weighted by molar-refractivity contribution is -0.160. The van der Waals surface area contributed by atoms with E-state index in [2.05, 4.69) is 5.32 Å². The van der Waals surface area contributed by atoms with Crippen LogP contribution in [0.5, 0.6) is 11.5 Å². The Kier molecular flexibility index (Phi) is 14.4. The smallest absolute Gasteiger partial charge is 0.410 e. The molecule has 2 fully saturated rings.